The molecule has 3 rings (SSSR count). The zero-order valence-electron chi connectivity index (χ0n) is 12.4. The van der Waals surface area contributed by atoms with Gasteiger partial charge in [-0.1, -0.05) is 29.3 Å². The van der Waals surface area contributed by atoms with E-state index in [-0.39, 0.29) is 5.91 Å². The lowest BCUT2D eigenvalue weighted by molar-refractivity contribution is -0.111. The van der Waals surface area contributed by atoms with E-state index in [1.54, 1.807) is 59.7 Å². The predicted molar refractivity (Wildman–Crippen MR) is 95.5 cm³/mol. The minimum absolute atomic E-state index is 0.269. The summed E-state index contributed by atoms with van der Waals surface area (Å²) < 4.78 is 1.63. The van der Waals surface area contributed by atoms with Crippen molar-refractivity contribution in [3.05, 3.63) is 76.7 Å². The topological polar surface area (TPSA) is 59.8 Å². The minimum atomic E-state index is -0.269. The van der Waals surface area contributed by atoms with E-state index >= 15 is 0 Å². The Hall–Kier alpha value is -2.63. The van der Waals surface area contributed by atoms with Gasteiger partial charge in [0, 0.05) is 18.5 Å². The smallest absolute Gasteiger partial charge is 0.248 e. The van der Waals surface area contributed by atoms with Crippen molar-refractivity contribution in [3.63, 3.8) is 0 Å². The van der Waals surface area contributed by atoms with Crippen LogP contribution in [0.25, 0.3) is 11.9 Å². The molecule has 1 amide bonds. The van der Waals surface area contributed by atoms with Gasteiger partial charge in [-0.05, 0) is 42.0 Å². The Morgan fingerprint density at radius 2 is 2.04 bits per heavy atom. The number of nitrogens with one attached hydrogen (secondary N) is 1. The molecule has 2 aromatic heterocycles. The van der Waals surface area contributed by atoms with Gasteiger partial charge in [-0.3, -0.25) is 4.79 Å². The average Bonchev–Trinajstić information content (AvgIpc) is 3.11. The van der Waals surface area contributed by atoms with Crippen LogP contribution in [0.4, 0.5) is 5.69 Å². The highest BCUT2D eigenvalue weighted by atomic mass is 35.5. The van der Waals surface area contributed by atoms with Crippen molar-refractivity contribution in [2.75, 3.05) is 5.32 Å². The molecule has 7 heteroatoms. The van der Waals surface area contributed by atoms with Crippen molar-refractivity contribution in [2.45, 2.75) is 0 Å². The van der Waals surface area contributed by atoms with Crippen molar-refractivity contribution >= 4 is 40.9 Å². The summed E-state index contributed by atoms with van der Waals surface area (Å²) in [6.07, 6.45) is 8.11. The molecule has 0 fully saturated rings. The second-order valence-electron chi connectivity index (χ2n) is 4.85. The van der Waals surface area contributed by atoms with Gasteiger partial charge in [0.05, 0.1) is 21.9 Å². The molecule has 120 valence electrons. The van der Waals surface area contributed by atoms with Crippen LogP contribution in [-0.4, -0.2) is 20.7 Å². The highest BCUT2D eigenvalue weighted by Gasteiger charge is 2.02. The maximum Gasteiger partial charge on any atom is 0.248 e. The van der Waals surface area contributed by atoms with Crippen LogP contribution in [0.3, 0.4) is 0 Å². The van der Waals surface area contributed by atoms with E-state index in [4.69, 9.17) is 23.2 Å². The van der Waals surface area contributed by atoms with Gasteiger partial charge < -0.3 is 5.32 Å². The zero-order valence-corrected chi connectivity index (χ0v) is 13.9. The molecule has 0 spiro atoms. The fraction of sp³-hybridized carbons (Fsp3) is 0. The first-order valence-corrected chi connectivity index (χ1v) is 7.77. The molecule has 0 atom stereocenters. The fourth-order valence-corrected chi connectivity index (χ4v) is 2.28. The first-order valence-electron chi connectivity index (χ1n) is 7.02. The molecule has 3 aromatic rings. The number of aromatic nitrogens is 3. The largest absolute Gasteiger partial charge is 0.321 e. The number of benzene rings is 1. The number of rotatable bonds is 4. The van der Waals surface area contributed by atoms with Crippen molar-refractivity contribution in [1.29, 1.82) is 0 Å². The molecule has 2 heterocycles. The number of halogens is 2. The summed E-state index contributed by atoms with van der Waals surface area (Å²) in [5.41, 5.74) is 1.38. The molecule has 0 aliphatic carbocycles. The third-order valence-corrected chi connectivity index (χ3v) is 3.86. The molecule has 0 aliphatic heterocycles. The monoisotopic (exact) mass is 358 g/mol. The Morgan fingerprint density at radius 3 is 2.71 bits per heavy atom. The second-order valence-corrected chi connectivity index (χ2v) is 5.67. The normalized spacial score (nSPS) is 10.9. The molecule has 5 nitrogen and oxygen atoms in total. The van der Waals surface area contributed by atoms with E-state index in [0.29, 0.717) is 21.6 Å². The number of anilines is 1. The van der Waals surface area contributed by atoms with E-state index in [9.17, 15) is 4.79 Å². The van der Waals surface area contributed by atoms with Gasteiger partial charge in [-0.2, -0.15) is 5.10 Å². The van der Waals surface area contributed by atoms with Gasteiger partial charge in [0.2, 0.25) is 5.91 Å². The van der Waals surface area contributed by atoms with Crippen molar-refractivity contribution in [1.82, 2.24) is 14.8 Å². The number of nitrogens with zero attached hydrogens (tertiary/aromatic N) is 3. The van der Waals surface area contributed by atoms with Crippen molar-refractivity contribution < 1.29 is 4.79 Å². The molecule has 0 bridgehead atoms. The predicted octanol–water partition coefficient (Wildman–Crippen LogP) is 4.23. The first kappa shape index (κ1) is 16.2. The Labute approximate surface area is 148 Å². The Balaban J connectivity index is 1.64. The van der Waals surface area contributed by atoms with E-state index in [1.165, 1.54) is 6.08 Å². The fourth-order valence-electron chi connectivity index (χ4n) is 1.97. The highest BCUT2D eigenvalue weighted by Crippen LogP contribution is 2.23. The van der Waals surface area contributed by atoms with Crippen LogP contribution in [0.2, 0.25) is 10.0 Å². The summed E-state index contributed by atoms with van der Waals surface area (Å²) in [5, 5.41) is 7.74. The first-order chi connectivity index (χ1) is 11.6. The van der Waals surface area contributed by atoms with Crippen LogP contribution < -0.4 is 5.32 Å². The maximum atomic E-state index is 11.9. The number of carbonyl (C=O) groups is 1. The molecule has 24 heavy (non-hydrogen) atoms. The van der Waals surface area contributed by atoms with Crippen LogP contribution in [-0.2, 0) is 4.79 Å². The number of amides is 1. The summed E-state index contributed by atoms with van der Waals surface area (Å²) >= 11 is 11.8. The molecule has 1 aromatic carbocycles. The quantitative estimate of drug-likeness (QED) is 0.710. The van der Waals surface area contributed by atoms with Crippen LogP contribution in [0.15, 0.2) is 61.1 Å². The van der Waals surface area contributed by atoms with E-state index in [0.717, 1.165) is 5.56 Å². The number of hydrogen-bond donors (Lipinski definition) is 1. The highest BCUT2D eigenvalue weighted by molar-refractivity contribution is 6.42. The van der Waals surface area contributed by atoms with Gasteiger partial charge >= 0.3 is 0 Å². The van der Waals surface area contributed by atoms with Crippen LogP contribution >= 0.6 is 23.2 Å². The Kier molecular flexibility index (Phi) is 4.93. The Morgan fingerprint density at radius 1 is 1.17 bits per heavy atom. The maximum absolute atomic E-state index is 11.9. The summed E-state index contributed by atoms with van der Waals surface area (Å²) in [6.45, 7) is 0. The lowest BCUT2D eigenvalue weighted by Gasteiger charge is -2.04. The summed E-state index contributed by atoms with van der Waals surface area (Å²) in [7, 11) is 0. The summed E-state index contributed by atoms with van der Waals surface area (Å²) in [5.74, 6) is 0.402. The zero-order chi connectivity index (χ0) is 16.9. The molecule has 1 N–H and O–H groups in total. The number of pyridine rings is 1. The third-order valence-electron chi connectivity index (χ3n) is 3.13. The van der Waals surface area contributed by atoms with Crippen LogP contribution in [0.1, 0.15) is 5.56 Å². The SMILES string of the molecule is O=C(C=Cc1ccc(Cl)c(Cl)c1)Nc1ccc(-n2cccn2)nc1. The van der Waals surface area contributed by atoms with Crippen LogP contribution in [0, 0.1) is 0 Å². The summed E-state index contributed by atoms with van der Waals surface area (Å²) in [4.78, 5) is 16.2. The van der Waals surface area contributed by atoms with Crippen LogP contribution in [0.5, 0.6) is 0 Å². The second kappa shape index (κ2) is 7.29. The molecule has 0 saturated carbocycles. The van der Waals surface area contributed by atoms with Gasteiger partial charge in [0.15, 0.2) is 5.82 Å². The number of hydrogen-bond acceptors (Lipinski definition) is 3. The molecule has 0 aliphatic rings. The lowest BCUT2D eigenvalue weighted by Crippen LogP contribution is -2.08. The minimum Gasteiger partial charge on any atom is -0.321 e. The van der Waals surface area contributed by atoms with Crippen molar-refractivity contribution in [3.8, 4) is 5.82 Å². The number of carbonyl (C=O) groups excluding carboxylic acids is 1. The lowest BCUT2D eigenvalue weighted by atomic mass is 10.2. The standard InChI is InChI=1S/C17H12Cl2N4O/c18-14-5-2-12(10-15(14)19)3-7-17(24)22-13-4-6-16(20-11-13)23-9-1-8-21-23/h1-11H,(H,22,24). The van der Waals surface area contributed by atoms with Gasteiger partial charge in [0.25, 0.3) is 0 Å². The van der Waals surface area contributed by atoms with Gasteiger partial charge in [-0.25, -0.2) is 9.67 Å². The van der Waals surface area contributed by atoms with E-state index < -0.39 is 0 Å². The molecule has 0 unspecified atom stereocenters. The Bertz CT molecular complexity index is 874. The molecule has 0 saturated heterocycles. The van der Waals surface area contributed by atoms with E-state index in [1.807, 2.05) is 6.07 Å². The summed E-state index contributed by atoms with van der Waals surface area (Å²) in [6, 6.07) is 10.5. The molecule has 0 radical (unpaired) electrons. The van der Waals surface area contributed by atoms with Crippen molar-refractivity contribution in [2.24, 2.45) is 0 Å². The average molecular weight is 359 g/mol. The van der Waals surface area contributed by atoms with Gasteiger partial charge in [-0.15, -0.1) is 0 Å². The van der Waals surface area contributed by atoms with Gasteiger partial charge in [0.1, 0.15) is 0 Å². The third kappa shape index (κ3) is 4.01. The molecular formula is C17H12Cl2N4O. The van der Waals surface area contributed by atoms with E-state index in [2.05, 4.69) is 15.4 Å². The molecular weight excluding hydrogens is 347 g/mol.